The molecule has 0 nitrogen and oxygen atoms in total. The summed E-state index contributed by atoms with van der Waals surface area (Å²) in [4.78, 5) is 0. The molecule has 0 saturated heterocycles. The molecule has 0 unspecified atom stereocenters. The van der Waals surface area contributed by atoms with Crippen molar-refractivity contribution in [2.45, 2.75) is 0 Å². The van der Waals surface area contributed by atoms with Crippen molar-refractivity contribution < 1.29 is 0 Å². The predicted octanol–water partition coefficient (Wildman–Crippen LogP) is 2.93. The lowest BCUT2D eigenvalue weighted by molar-refractivity contribution is 1.80. The minimum absolute atomic E-state index is 0.824. The Hall–Kier alpha value is -1.50. The van der Waals surface area contributed by atoms with E-state index in [1.807, 2.05) is 24.3 Å². The van der Waals surface area contributed by atoms with Crippen LogP contribution >= 0.6 is 0 Å². The molecular weight excluding hydrogens is 155 g/mol. The summed E-state index contributed by atoms with van der Waals surface area (Å²) in [5.41, 5.74) is 2.26. The van der Waals surface area contributed by atoms with Crippen molar-refractivity contribution >= 4 is 7.28 Å². The Labute approximate surface area is 81.6 Å². The van der Waals surface area contributed by atoms with Crippen LogP contribution in [0.3, 0.4) is 0 Å². The molecule has 0 heterocycles. The van der Waals surface area contributed by atoms with Crippen LogP contribution in [0.15, 0.2) is 73.7 Å². The molecule has 0 saturated carbocycles. The summed E-state index contributed by atoms with van der Waals surface area (Å²) in [5.74, 6) is 0. The molecule has 0 aromatic heterocycles. The second-order valence-corrected chi connectivity index (χ2v) is 2.54. The maximum atomic E-state index is 3.72. The normalized spacial score (nSPS) is 11.7. The van der Waals surface area contributed by atoms with Crippen LogP contribution in [0.4, 0.5) is 0 Å². The van der Waals surface area contributed by atoms with Crippen LogP contribution in [0.5, 0.6) is 0 Å². The summed E-state index contributed by atoms with van der Waals surface area (Å²) in [6.45, 7) is 14.7. The van der Waals surface area contributed by atoms with E-state index in [-0.39, 0.29) is 0 Å². The molecule has 0 aliphatic carbocycles. The predicted molar refractivity (Wildman–Crippen MR) is 64.1 cm³/mol. The first-order valence-corrected chi connectivity index (χ1v) is 4.16. The van der Waals surface area contributed by atoms with Crippen LogP contribution in [0.25, 0.3) is 0 Å². The van der Waals surface area contributed by atoms with Crippen molar-refractivity contribution in [2.24, 2.45) is 0 Å². The van der Waals surface area contributed by atoms with Gasteiger partial charge in [-0.15, -0.1) is 0 Å². The fourth-order valence-corrected chi connectivity index (χ4v) is 0.937. The third-order valence-electron chi connectivity index (χ3n) is 1.60. The molecule has 66 valence electrons. The van der Waals surface area contributed by atoms with Gasteiger partial charge < -0.3 is 0 Å². The molecule has 0 aliphatic heterocycles. The molecule has 0 aliphatic rings. The third-order valence-corrected chi connectivity index (χ3v) is 1.60. The maximum absolute atomic E-state index is 3.72. The molecule has 1 heteroatoms. The maximum Gasteiger partial charge on any atom is 0.192 e. The lowest BCUT2D eigenvalue weighted by atomic mass is 9.62. The van der Waals surface area contributed by atoms with E-state index in [0.29, 0.717) is 0 Å². The average molecular weight is 170 g/mol. The molecule has 0 N–H and O–H groups in total. The second kappa shape index (κ2) is 7.17. The van der Waals surface area contributed by atoms with E-state index in [1.54, 1.807) is 12.2 Å². The van der Waals surface area contributed by atoms with Crippen molar-refractivity contribution in [3.8, 4) is 0 Å². The van der Waals surface area contributed by atoms with Gasteiger partial charge in [0.25, 0.3) is 0 Å². The minimum atomic E-state index is 0.824. The molecule has 0 aromatic rings. The van der Waals surface area contributed by atoms with Crippen LogP contribution in [0, 0.1) is 0 Å². The SMILES string of the molecule is C=C/C=C(/B/C(C=C)=C/C=C)C=C. The molecule has 0 bridgehead atoms. The Kier molecular flexibility index (Phi) is 6.35. The molecule has 0 spiro atoms. The summed E-state index contributed by atoms with van der Waals surface area (Å²) >= 11 is 0. The van der Waals surface area contributed by atoms with Crippen LogP contribution in [0.2, 0.25) is 0 Å². The Bertz CT molecular complexity index is 239. The van der Waals surface area contributed by atoms with E-state index >= 15 is 0 Å². The number of rotatable bonds is 6. The molecule has 0 rings (SSSR count). The van der Waals surface area contributed by atoms with E-state index < -0.39 is 0 Å². The topological polar surface area (TPSA) is 0 Å². The number of hydrogen-bond acceptors (Lipinski definition) is 0. The molecule has 13 heavy (non-hydrogen) atoms. The Morgan fingerprint density at radius 2 is 1.15 bits per heavy atom. The minimum Gasteiger partial charge on any atom is -0.0996 e. The van der Waals surface area contributed by atoms with Crippen molar-refractivity contribution in [2.75, 3.05) is 0 Å². The number of allylic oxidation sites excluding steroid dienone is 8. The fraction of sp³-hybridized carbons (Fsp3) is 0. The van der Waals surface area contributed by atoms with Crippen molar-refractivity contribution in [3.05, 3.63) is 73.7 Å². The zero-order valence-electron chi connectivity index (χ0n) is 8.00. The Morgan fingerprint density at radius 1 is 0.769 bits per heavy atom. The van der Waals surface area contributed by atoms with Gasteiger partial charge in [-0.05, 0) is 0 Å². The van der Waals surface area contributed by atoms with Crippen molar-refractivity contribution in [3.63, 3.8) is 0 Å². The monoisotopic (exact) mass is 170 g/mol. The summed E-state index contributed by atoms with van der Waals surface area (Å²) in [5, 5.41) is 0. The van der Waals surface area contributed by atoms with Gasteiger partial charge in [-0.2, -0.15) is 0 Å². The highest BCUT2D eigenvalue weighted by Crippen LogP contribution is 2.03. The first-order valence-electron chi connectivity index (χ1n) is 4.16. The molecule has 0 aromatic carbocycles. The standard InChI is InChI=1S/C12H15B/c1-5-9-11(7-3)13-12(8-4)10-6-2/h5-10,13H,1-4H2/b11-9+,12-10+. The molecule has 0 atom stereocenters. The van der Waals surface area contributed by atoms with Crippen LogP contribution in [-0.2, 0) is 0 Å². The molecule has 0 radical (unpaired) electrons. The van der Waals surface area contributed by atoms with E-state index in [1.165, 1.54) is 0 Å². The molecule has 0 fully saturated rings. The Balaban J connectivity index is 4.54. The van der Waals surface area contributed by atoms with Crippen LogP contribution in [0.1, 0.15) is 0 Å². The van der Waals surface area contributed by atoms with Crippen molar-refractivity contribution in [1.82, 2.24) is 0 Å². The van der Waals surface area contributed by atoms with Gasteiger partial charge in [0.15, 0.2) is 7.28 Å². The van der Waals surface area contributed by atoms with Gasteiger partial charge in [-0.25, -0.2) is 0 Å². The zero-order valence-corrected chi connectivity index (χ0v) is 8.00. The first-order chi connectivity index (χ1) is 6.28. The first kappa shape index (κ1) is 11.5. The van der Waals surface area contributed by atoms with E-state index in [2.05, 4.69) is 26.3 Å². The van der Waals surface area contributed by atoms with Crippen LogP contribution in [-0.4, -0.2) is 7.28 Å². The molecular formula is C12H15B. The van der Waals surface area contributed by atoms with Gasteiger partial charge in [0.05, 0.1) is 0 Å². The average Bonchev–Trinajstić information content (AvgIpc) is 2.16. The Morgan fingerprint density at radius 3 is 1.38 bits per heavy atom. The van der Waals surface area contributed by atoms with E-state index in [9.17, 15) is 0 Å². The van der Waals surface area contributed by atoms with Gasteiger partial charge in [0.2, 0.25) is 0 Å². The zero-order chi connectivity index (χ0) is 10.1. The summed E-state index contributed by atoms with van der Waals surface area (Å²) < 4.78 is 0. The van der Waals surface area contributed by atoms with Gasteiger partial charge in [-0.3, -0.25) is 0 Å². The smallest absolute Gasteiger partial charge is 0.0996 e. The van der Waals surface area contributed by atoms with Crippen molar-refractivity contribution in [1.29, 1.82) is 0 Å². The highest BCUT2D eigenvalue weighted by atomic mass is 13.8. The summed E-state index contributed by atoms with van der Waals surface area (Å²) in [7, 11) is 0.824. The van der Waals surface area contributed by atoms with Crippen LogP contribution < -0.4 is 0 Å². The summed E-state index contributed by atoms with van der Waals surface area (Å²) in [6.07, 6.45) is 11.0. The second-order valence-electron chi connectivity index (χ2n) is 2.54. The fourth-order valence-electron chi connectivity index (χ4n) is 0.937. The summed E-state index contributed by atoms with van der Waals surface area (Å²) in [6, 6.07) is 0. The highest BCUT2D eigenvalue weighted by Gasteiger charge is 1.96. The molecule has 0 amide bonds. The lowest BCUT2D eigenvalue weighted by Crippen LogP contribution is -1.96. The third kappa shape index (κ3) is 4.86. The highest BCUT2D eigenvalue weighted by molar-refractivity contribution is 6.55. The van der Waals surface area contributed by atoms with Gasteiger partial charge in [0.1, 0.15) is 0 Å². The van der Waals surface area contributed by atoms with E-state index in [4.69, 9.17) is 0 Å². The lowest BCUT2D eigenvalue weighted by Gasteiger charge is -1.98. The largest absolute Gasteiger partial charge is 0.192 e. The van der Waals surface area contributed by atoms with Gasteiger partial charge in [-0.1, -0.05) is 73.7 Å². The van der Waals surface area contributed by atoms with E-state index in [0.717, 1.165) is 18.2 Å². The number of hydrogen-bond donors (Lipinski definition) is 0. The quantitative estimate of drug-likeness (QED) is 0.424. The van der Waals surface area contributed by atoms with Gasteiger partial charge in [0, 0.05) is 0 Å². The van der Waals surface area contributed by atoms with Gasteiger partial charge >= 0.3 is 0 Å².